The molecule has 0 bridgehead atoms. The van der Waals surface area contributed by atoms with E-state index in [0.717, 1.165) is 12.8 Å². The summed E-state index contributed by atoms with van der Waals surface area (Å²) >= 11 is 0. The van der Waals surface area contributed by atoms with Crippen LogP contribution in [-0.4, -0.2) is 36.3 Å². The maximum atomic E-state index is 5.84. The van der Waals surface area contributed by atoms with Gasteiger partial charge in [-0.05, 0) is 12.8 Å². The Morgan fingerprint density at radius 1 is 1.17 bits per heavy atom. The lowest BCUT2D eigenvalue weighted by Crippen LogP contribution is -2.44. The number of methoxy groups -OCH3 is 2. The molecule has 6 heteroatoms. The molecule has 0 atom stereocenters. The van der Waals surface area contributed by atoms with Gasteiger partial charge in [0.05, 0.1) is 25.8 Å². The van der Waals surface area contributed by atoms with Gasteiger partial charge in [-0.1, -0.05) is 13.8 Å². The van der Waals surface area contributed by atoms with Gasteiger partial charge in [-0.3, -0.25) is 0 Å². The summed E-state index contributed by atoms with van der Waals surface area (Å²) in [4.78, 5) is 8.50. The fraction of sp³-hybridized carbons (Fsp3) is 0.667. The highest BCUT2D eigenvalue weighted by atomic mass is 16.5. The standard InChI is InChI=1S/C12H22N4O2/c1-5-12(6-2,8-13)16-11-14-9(17-3)7-10(15-11)18-4/h7H,5-6,8,13H2,1-4H3,(H,14,15,16). The number of hydrogen-bond acceptors (Lipinski definition) is 6. The van der Waals surface area contributed by atoms with Crippen molar-refractivity contribution in [3.05, 3.63) is 6.07 Å². The highest BCUT2D eigenvalue weighted by Gasteiger charge is 2.25. The number of rotatable bonds is 7. The molecule has 1 aromatic heterocycles. The molecule has 0 radical (unpaired) electrons. The van der Waals surface area contributed by atoms with Crippen LogP contribution in [-0.2, 0) is 0 Å². The van der Waals surface area contributed by atoms with Crippen LogP contribution in [0.1, 0.15) is 26.7 Å². The molecule has 0 amide bonds. The Morgan fingerprint density at radius 2 is 1.67 bits per heavy atom. The average Bonchev–Trinajstić information content (AvgIpc) is 2.44. The first kappa shape index (κ1) is 14.5. The zero-order valence-electron chi connectivity index (χ0n) is 11.5. The van der Waals surface area contributed by atoms with E-state index in [1.165, 1.54) is 0 Å². The molecule has 6 nitrogen and oxygen atoms in total. The number of ether oxygens (including phenoxy) is 2. The van der Waals surface area contributed by atoms with Gasteiger partial charge in [0.2, 0.25) is 17.7 Å². The minimum absolute atomic E-state index is 0.197. The first-order valence-corrected chi connectivity index (χ1v) is 6.08. The van der Waals surface area contributed by atoms with Crippen molar-refractivity contribution >= 4 is 5.95 Å². The SMILES string of the molecule is CCC(CC)(CN)Nc1nc(OC)cc(OC)n1. The Kier molecular flexibility index (Phi) is 5.15. The summed E-state index contributed by atoms with van der Waals surface area (Å²) in [7, 11) is 3.11. The van der Waals surface area contributed by atoms with Crippen molar-refractivity contribution in [2.45, 2.75) is 32.2 Å². The van der Waals surface area contributed by atoms with E-state index in [2.05, 4.69) is 29.1 Å². The average molecular weight is 254 g/mol. The first-order valence-electron chi connectivity index (χ1n) is 6.08. The minimum atomic E-state index is -0.197. The van der Waals surface area contributed by atoms with Crippen molar-refractivity contribution in [2.24, 2.45) is 5.73 Å². The van der Waals surface area contributed by atoms with Gasteiger partial charge in [0.1, 0.15) is 0 Å². The summed E-state index contributed by atoms with van der Waals surface area (Å²) in [5.74, 6) is 1.39. The van der Waals surface area contributed by atoms with Crippen molar-refractivity contribution in [1.29, 1.82) is 0 Å². The van der Waals surface area contributed by atoms with E-state index in [0.29, 0.717) is 24.3 Å². The molecule has 18 heavy (non-hydrogen) atoms. The van der Waals surface area contributed by atoms with E-state index >= 15 is 0 Å². The zero-order chi connectivity index (χ0) is 13.6. The second kappa shape index (κ2) is 6.39. The van der Waals surface area contributed by atoms with Gasteiger partial charge in [0, 0.05) is 6.54 Å². The summed E-state index contributed by atoms with van der Waals surface area (Å²) in [6.45, 7) is 4.68. The Balaban J connectivity index is 3.01. The van der Waals surface area contributed by atoms with E-state index in [-0.39, 0.29) is 5.54 Å². The van der Waals surface area contributed by atoms with Gasteiger partial charge < -0.3 is 20.5 Å². The maximum Gasteiger partial charge on any atom is 0.229 e. The number of nitrogens with zero attached hydrogens (tertiary/aromatic N) is 2. The Labute approximate surface area is 108 Å². The lowest BCUT2D eigenvalue weighted by Gasteiger charge is -2.31. The van der Waals surface area contributed by atoms with Gasteiger partial charge in [-0.15, -0.1) is 0 Å². The molecule has 1 heterocycles. The Bertz CT molecular complexity index is 350. The second-order valence-electron chi connectivity index (χ2n) is 4.09. The predicted octanol–water partition coefficient (Wildman–Crippen LogP) is 1.42. The highest BCUT2D eigenvalue weighted by molar-refractivity contribution is 5.36. The summed E-state index contributed by atoms with van der Waals surface area (Å²) < 4.78 is 10.2. The minimum Gasteiger partial charge on any atom is -0.481 e. The molecular weight excluding hydrogens is 232 g/mol. The third-order valence-corrected chi connectivity index (χ3v) is 3.22. The largest absolute Gasteiger partial charge is 0.481 e. The number of anilines is 1. The predicted molar refractivity (Wildman–Crippen MR) is 71.1 cm³/mol. The molecule has 0 aliphatic heterocycles. The molecule has 1 aromatic rings. The fourth-order valence-corrected chi connectivity index (χ4v) is 1.67. The first-order chi connectivity index (χ1) is 8.62. The number of hydrogen-bond donors (Lipinski definition) is 2. The molecule has 102 valence electrons. The Morgan fingerprint density at radius 3 is 2.00 bits per heavy atom. The molecule has 0 aliphatic carbocycles. The molecule has 0 saturated heterocycles. The number of nitrogens with two attached hydrogens (primary N) is 1. The normalized spacial score (nSPS) is 11.2. The molecule has 1 rings (SSSR count). The van der Waals surface area contributed by atoms with Crippen LogP contribution in [0.5, 0.6) is 11.8 Å². The van der Waals surface area contributed by atoms with E-state index in [4.69, 9.17) is 15.2 Å². The summed E-state index contributed by atoms with van der Waals surface area (Å²) in [6.07, 6.45) is 1.78. The quantitative estimate of drug-likeness (QED) is 0.766. The van der Waals surface area contributed by atoms with Crippen LogP contribution in [0.2, 0.25) is 0 Å². The van der Waals surface area contributed by atoms with Crippen molar-refractivity contribution in [1.82, 2.24) is 9.97 Å². The number of aromatic nitrogens is 2. The summed E-state index contributed by atoms with van der Waals surface area (Å²) in [5, 5.41) is 3.28. The smallest absolute Gasteiger partial charge is 0.229 e. The van der Waals surface area contributed by atoms with E-state index < -0.39 is 0 Å². The molecule has 3 N–H and O–H groups in total. The molecule has 0 aromatic carbocycles. The van der Waals surface area contributed by atoms with Gasteiger partial charge in [0.25, 0.3) is 0 Å². The van der Waals surface area contributed by atoms with Gasteiger partial charge in [-0.25, -0.2) is 0 Å². The van der Waals surface area contributed by atoms with E-state index in [1.54, 1.807) is 20.3 Å². The van der Waals surface area contributed by atoms with Gasteiger partial charge in [0.15, 0.2) is 0 Å². The van der Waals surface area contributed by atoms with Crippen LogP contribution < -0.4 is 20.5 Å². The van der Waals surface area contributed by atoms with Crippen molar-refractivity contribution in [2.75, 3.05) is 26.1 Å². The van der Waals surface area contributed by atoms with E-state index in [1.807, 2.05) is 0 Å². The fourth-order valence-electron chi connectivity index (χ4n) is 1.67. The zero-order valence-corrected chi connectivity index (χ0v) is 11.5. The third-order valence-electron chi connectivity index (χ3n) is 3.22. The van der Waals surface area contributed by atoms with Crippen molar-refractivity contribution in [3.63, 3.8) is 0 Å². The molecule has 0 saturated carbocycles. The Hall–Kier alpha value is -1.56. The van der Waals surface area contributed by atoms with Crippen molar-refractivity contribution < 1.29 is 9.47 Å². The molecule has 0 spiro atoms. The topological polar surface area (TPSA) is 82.3 Å². The number of nitrogens with one attached hydrogen (secondary N) is 1. The van der Waals surface area contributed by atoms with Gasteiger partial charge in [-0.2, -0.15) is 9.97 Å². The van der Waals surface area contributed by atoms with Gasteiger partial charge >= 0.3 is 0 Å². The molecule has 0 unspecified atom stereocenters. The molecule has 0 aliphatic rings. The maximum absolute atomic E-state index is 5.84. The molecular formula is C12H22N4O2. The lowest BCUT2D eigenvalue weighted by molar-refractivity contribution is 0.370. The van der Waals surface area contributed by atoms with E-state index in [9.17, 15) is 0 Å². The van der Waals surface area contributed by atoms with Crippen LogP contribution >= 0.6 is 0 Å². The van der Waals surface area contributed by atoms with Crippen LogP contribution in [0, 0.1) is 0 Å². The molecule has 0 fully saturated rings. The lowest BCUT2D eigenvalue weighted by atomic mass is 9.93. The van der Waals surface area contributed by atoms with Crippen molar-refractivity contribution in [3.8, 4) is 11.8 Å². The van der Waals surface area contributed by atoms with Crippen LogP contribution in [0.3, 0.4) is 0 Å². The second-order valence-corrected chi connectivity index (χ2v) is 4.09. The van der Waals surface area contributed by atoms with Crippen LogP contribution in [0.15, 0.2) is 6.07 Å². The highest BCUT2D eigenvalue weighted by Crippen LogP contribution is 2.23. The van der Waals surface area contributed by atoms with Crippen LogP contribution in [0.4, 0.5) is 5.95 Å². The monoisotopic (exact) mass is 254 g/mol. The third kappa shape index (κ3) is 3.22. The summed E-state index contributed by atoms with van der Waals surface area (Å²) in [5.41, 5.74) is 5.64. The van der Waals surface area contributed by atoms with Crippen LogP contribution in [0.25, 0.3) is 0 Å². The summed E-state index contributed by atoms with van der Waals surface area (Å²) in [6, 6.07) is 1.63.